The number of ether oxygens (including phenoxy) is 2. The third-order valence-electron chi connectivity index (χ3n) is 7.16. The fraction of sp³-hybridized carbons (Fsp3) is 0.519. The van der Waals surface area contributed by atoms with Gasteiger partial charge in [0.15, 0.2) is 5.75 Å². The van der Waals surface area contributed by atoms with Gasteiger partial charge in [-0.15, -0.1) is 13.2 Å². The topological polar surface area (TPSA) is 71.3 Å². The van der Waals surface area contributed by atoms with E-state index in [9.17, 15) is 18.0 Å². The van der Waals surface area contributed by atoms with Crippen LogP contribution >= 0.6 is 0 Å². The lowest BCUT2D eigenvalue weighted by Gasteiger charge is -2.38. The van der Waals surface area contributed by atoms with Gasteiger partial charge in [-0.1, -0.05) is 31.4 Å². The molecule has 1 saturated heterocycles. The molecule has 1 amide bonds. The molecular weight excluding hydrogens is 485 g/mol. The van der Waals surface area contributed by atoms with E-state index in [4.69, 9.17) is 10.5 Å². The molecule has 0 unspecified atom stereocenters. The number of benzene rings is 2. The number of piperazine rings is 1. The first kappa shape index (κ1) is 26.9. The number of anilines is 3. The summed E-state index contributed by atoms with van der Waals surface area (Å²) in [6.07, 6.45) is -0.307. The standard InChI is InChI=1S/C27H35F3N4O3/c1-36-25-19-21(31)11-12-22(25)33-16-13-32(14-17-33)15-18-34(26(35)20-7-3-2-4-8-20)23-9-5-6-10-24(23)37-27(28,29)30/h5-6,9-12,19-20H,2-4,7-8,13-18,31H2,1H3. The van der Waals surface area contributed by atoms with Crippen LogP contribution in [0, 0.1) is 5.92 Å². The highest BCUT2D eigenvalue weighted by atomic mass is 19.4. The van der Waals surface area contributed by atoms with Gasteiger partial charge < -0.3 is 25.0 Å². The molecule has 2 aromatic rings. The molecule has 2 aromatic carbocycles. The van der Waals surface area contributed by atoms with Crippen LogP contribution in [0.3, 0.4) is 0 Å². The normalized spacial score (nSPS) is 17.5. The quantitative estimate of drug-likeness (QED) is 0.499. The maximum atomic E-state index is 13.6. The van der Waals surface area contributed by atoms with Crippen molar-refractivity contribution in [2.45, 2.75) is 38.5 Å². The first-order chi connectivity index (χ1) is 17.7. The molecule has 7 nitrogen and oxygen atoms in total. The number of amides is 1. The third kappa shape index (κ3) is 7.00. The van der Waals surface area contributed by atoms with E-state index in [0.29, 0.717) is 18.8 Å². The maximum absolute atomic E-state index is 13.6. The predicted octanol–water partition coefficient (Wildman–Crippen LogP) is 4.91. The molecule has 1 heterocycles. The van der Waals surface area contributed by atoms with Crippen LogP contribution in [-0.2, 0) is 4.79 Å². The van der Waals surface area contributed by atoms with Crippen molar-refractivity contribution in [3.05, 3.63) is 42.5 Å². The minimum atomic E-state index is -4.84. The van der Waals surface area contributed by atoms with Crippen molar-refractivity contribution in [2.24, 2.45) is 5.92 Å². The van der Waals surface area contributed by atoms with Gasteiger partial charge in [-0.05, 0) is 37.1 Å². The molecule has 0 radical (unpaired) electrons. The average Bonchev–Trinajstić information content (AvgIpc) is 2.89. The van der Waals surface area contributed by atoms with Crippen LogP contribution in [-0.4, -0.2) is 63.5 Å². The molecule has 1 saturated carbocycles. The van der Waals surface area contributed by atoms with E-state index >= 15 is 0 Å². The Hall–Kier alpha value is -3.14. The summed E-state index contributed by atoms with van der Waals surface area (Å²) in [6, 6.07) is 11.5. The highest BCUT2D eigenvalue weighted by Gasteiger charge is 2.35. The Labute approximate surface area is 215 Å². The third-order valence-corrected chi connectivity index (χ3v) is 7.16. The van der Waals surface area contributed by atoms with Crippen molar-refractivity contribution in [3.8, 4) is 11.5 Å². The number of hydrogen-bond donors (Lipinski definition) is 1. The van der Waals surface area contributed by atoms with Gasteiger partial charge in [-0.3, -0.25) is 9.69 Å². The van der Waals surface area contributed by atoms with Gasteiger partial charge in [0.1, 0.15) is 5.75 Å². The smallest absolute Gasteiger partial charge is 0.495 e. The molecule has 10 heteroatoms. The van der Waals surface area contributed by atoms with Crippen LogP contribution in [0.1, 0.15) is 32.1 Å². The van der Waals surface area contributed by atoms with Crippen molar-refractivity contribution < 1.29 is 27.4 Å². The molecule has 0 atom stereocenters. The number of nitrogens with two attached hydrogens (primary N) is 1. The van der Waals surface area contributed by atoms with Crippen molar-refractivity contribution >= 4 is 23.0 Å². The number of methoxy groups -OCH3 is 1. The maximum Gasteiger partial charge on any atom is 0.573 e. The Morgan fingerprint density at radius 2 is 1.73 bits per heavy atom. The van der Waals surface area contributed by atoms with E-state index in [0.717, 1.165) is 69.7 Å². The number of para-hydroxylation sites is 2. The highest BCUT2D eigenvalue weighted by molar-refractivity contribution is 5.96. The monoisotopic (exact) mass is 520 g/mol. The molecule has 4 rings (SSSR count). The van der Waals surface area contributed by atoms with Crippen LogP contribution in [0.15, 0.2) is 42.5 Å². The minimum absolute atomic E-state index is 0.122. The Kier molecular flexibility index (Phi) is 8.68. The van der Waals surface area contributed by atoms with Crippen molar-refractivity contribution in [2.75, 3.05) is 61.9 Å². The van der Waals surface area contributed by atoms with Crippen LogP contribution in [0.4, 0.5) is 30.2 Å². The zero-order valence-electron chi connectivity index (χ0n) is 21.2. The average molecular weight is 521 g/mol. The van der Waals surface area contributed by atoms with E-state index in [2.05, 4.69) is 14.5 Å². The summed E-state index contributed by atoms with van der Waals surface area (Å²) in [4.78, 5) is 19.5. The fourth-order valence-electron chi connectivity index (χ4n) is 5.22. The van der Waals surface area contributed by atoms with Gasteiger partial charge in [0, 0.05) is 56.9 Å². The lowest BCUT2D eigenvalue weighted by Crippen LogP contribution is -2.49. The Bertz CT molecular complexity index is 1050. The Balaban J connectivity index is 1.46. The summed E-state index contributed by atoms with van der Waals surface area (Å²) >= 11 is 0. The minimum Gasteiger partial charge on any atom is -0.495 e. The van der Waals surface area contributed by atoms with Gasteiger partial charge in [0.05, 0.1) is 18.5 Å². The summed E-state index contributed by atoms with van der Waals surface area (Å²) < 4.78 is 49.1. The summed E-state index contributed by atoms with van der Waals surface area (Å²) in [5.41, 5.74) is 7.66. The molecule has 1 aliphatic carbocycles. The van der Waals surface area contributed by atoms with Crippen LogP contribution in [0.25, 0.3) is 0 Å². The second-order valence-corrected chi connectivity index (χ2v) is 9.60. The molecule has 2 aliphatic rings. The Morgan fingerprint density at radius 1 is 1.03 bits per heavy atom. The number of halogens is 3. The molecular formula is C27H35F3N4O3. The van der Waals surface area contributed by atoms with Crippen molar-refractivity contribution in [1.82, 2.24) is 4.90 Å². The first-order valence-corrected chi connectivity index (χ1v) is 12.8. The van der Waals surface area contributed by atoms with E-state index in [1.165, 1.54) is 23.1 Å². The van der Waals surface area contributed by atoms with E-state index in [1.807, 2.05) is 12.1 Å². The zero-order valence-corrected chi connectivity index (χ0v) is 21.2. The first-order valence-electron chi connectivity index (χ1n) is 12.8. The van der Waals surface area contributed by atoms with Gasteiger partial charge in [-0.25, -0.2) is 0 Å². The van der Waals surface area contributed by atoms with E-state index in [1.54, 1.807) is 19.2 Å². The highest BCUT2D eigenvalue weighted by Crippen LogP contribution is 2.36. The molecule has 37 heavy (non-hydrogen) atoms. The predicted molar refractivity (Wildman–Crippen MR) is 138 cm³/mol. The largest absolute Gasteiger partial charge is 0.573 e. The summed E-state index contributed by atoms with van der Waals surface area (Å²) in [7, 11) is 1.62. The van der Waals surface area contributed by atoms with Crippen LogP contribution in [0.2, 0.25) is 0 Å². The number of nitrogens with zero attached hydrogens (tertiary/aromatic N) is 3. The SMILES string of the molecule is COc1cc(N)ccc1N1CCN(CCN(C(=O)C2CCCCC2)c2ccccc2OC(F)(F)F)CC1. The van der Waals surface area contributed by atoms with E-state index in [-0.39, 0.29) is 23.3 Å². The molecule has 2 N–H and O–H groups in total. The molecule has 2 fully saturated rings. The summed E-state index contributed by atoms with van der Waals surface area (Å²) in [5, 5.41) is 0. The van der Waals surface area contributed by atoms with Crippen LogP contribution < -0.4 is 25.0 Å². The van der Waals surface area contributed by atoms with Gasteiger partial charge in [-0.2, -0.15) is 0 Å². The second-order valence-electron chi connectivity index (χ2n) is 9.60. The van der Waals surface area contributed by atoms with Gasteiger partial charge in [0.2, 0.25) is 5.91 Å². The van der Waals surface area contributed by atoms with Gasteiger partial charge >= 0.3 is 6.36 Å². The van der Waals surface area contributed by atoms with E-state index < -0.39 is 6.36 Å². The molecule has 0 bridgehead atoms. The van der Waals surface area contributed by atoms with Gasteiger partial charge in [0.25, 0.3) is 0 Å². The summed E-state index contributed by atoms with van der Waals surface area (Å²) in [6.45, 7) is 3.85. The lowest BCUT2D eigenvalue weighted by atomic mass is 9.88. The fourth-order valence-corrected chi connectivity index (χ4v) is 5.22. The van der Waals surface area contributed by atoms with Crippen LogP contribution in [0.5, 0.6) is 11.5 Å². The number of hydrogen-bond acceptors (Lipinski definition) is 6. The number of carbonyl (C=O) groups excluding carboxylic acids is 1. The molecule has 0 aromatic heterocycles. The molecule has 202 valence electrons. The molecule has 0 spiro atoms. The number of carbonyl (C=O) groups is 1. The van der Waals surface area contributed by atoms with Crippen molar-refractivity contribution in [3.63, 3.8) is 0 Å². The Morgan fingerprint density at radius 3 is 2.41 bits per heavy atom. The second kappa shape index (κ2) is 11.9. The van der Waals surface area contributed by atoms with Crippen molar-refractivity contribution in [1.29, 1.82) is 0 Å². The number of nitrogen functional groups attached to an aromatic ring is 1. The lowest BCUT2D eigenvalue weighted by molar-refractivity contribution is -0.274. The number of alkyl halides is 3. The zero-order chi connectivity index (χ0) is 26.4. The molecule has 1 aliphatic heterocycles. The number of rotatable bonds is 8. The summed E-state index contributed by atoms with van der Waals surface area (Å²) in [5.74, 6) is 0.0732.